The zero-order valence-electron chi connectivity index (χ0n) is 10.5. The van der Waals surface area contributed by atoms with Crippen molar-refractivity contribution in [3.8, 4) is 0 Å². The topological polar surface area (TPSA) is 37.3 Å². The van der Waals surface area contributed by atoms with Crippen LogP contribution in [-0.2, 0) is 4.79 Å². The summed E-state index contributed by atoms with van der Waals surface area (Å²) in [7, 11) is 0. The van der Waals surface area contributed by atoms with E-state index < -0.39 is 5.97 Å². The summed E-state index contributed by atoms with van der Waals surface area (Å²) in [4.78, 5) is 11.2. The highest BCUT2D eigenvalue weighted by atomic mass is 35.5. The molecule has 0 aromatic heterocycles. The van der Waals surface area contributed by atoms with Gasteiger partial charge in [0.25, 0.3) is 0 Å². The van der Waals surface area contributed by atoms with Gasteiger partial charge in [-0.15, -0.1) is 0 Å². The van der Waals surface area contributed by atoms with Crippen molar-refractivity contribution in [1.82, 2.24) is 0 Å². The Morgan fingerprint density at radius 3 is 2.55 bits per heavy atom. The van der Waals surface area contributed by atoms with Gasteiger partial charge >= 0.3 is 5.97 Å². The van der Waals surface area contributed by atoms with Gasteiger partial charge in [0.2, 0.25) is 0 Å². The average Bonchev–Trinajstić information content (AvgIpc) is 2.58. The summed E-state index contributed by atoms with van der Waals surface area (Å²) in [5.74, 6) is -0.970. The van der Waals surface area contributed by atoms with Gasteiger partial charge in [0, 0.05) is 16.7 Å². The fourth-order valence-electron chi connectivity index (χ4n) is 2.43. The van der Waals surface area contributed by atoms with E-state index in [2.05, 4.69) is 0 Å². The Morgan fingerprint density at radius 2 is 1.75 bits per heavy atom. The van der Waals surface area contributed by atoms with E-state index >= 15 is 0 Å². The second kappa shape index (κ2) is 4.99. The molecule has 0 bridgehead atoms. The van der Waals surface area contributed by atoms with Crippen molar-refractivity contribution in [2.24, 2.45) is 0 Å². The molecule has 0 radical (unpaired) electrons. The molecule has 0 fully saturated rings. The molecule has 1 aliphatic carbocycles. The monoisotopic (exact) mass is 282 g/mol. The molecule has 0 amide bonds. The number of fused-ring (bicyclic) bond motifs is 2. The summed E-state index contributed by atoms with van der Waals surface area (Å²) in [5, 5.41) is 9.76. The molecule has 2 aromatic carbocycles. The fourth-order valence-corrected chi connectivity index (χ4v) is 2.66. The van der Waals surface area contributed by atoms with Gasteiger partial charge in [-0.2, -0.15) is 0 Å². The Kier molecular flexibility index (Phi) is 3.17. The molecule has 0 saturated carbocycles. The maximum atomic E-state index is 11.2. The third-order valence-corrected chi connectivity index (χ3v) is 3.62. The molecule has 0 heterocycles. The van der Waals surface area contributed by atoms with Gasteiger partial charge in [0.05, 0.1) is 0 Å². The van der Waals surface area contributed by atoms with Crippen LogP contribution in [0.5, 0.6) is 0 Å². The summed E-state index contributed by atoms with van der Waals surface area (Å²) >= 11 is 6.23. The number of rotatable bonds is 1. The number of carboxylic acid groups (broad SMARTS) is 1. The molecule has 2 nitrogen and oxygen atoms in total. The van der Waals surface area contributed by atoms with Gasteiger partial charge < -0.3 is 5.11 Å². The van der Waals surface area contributed by atoms with Gasteiger partial charge in [-0.25, -0.2) is 4.79 Å². The van der Waals surface area contributed by atoms with Crippen molar-refractivity contribution >= 4 is 35.3 Å². The predicted octanol–water partition coefficient (Wildman–Crippen LogP) is 4.34. The number of hydrogen-bond donors (Lipinski definition) is 1. The van der Waals surface area contributed by atoms with E-state index in [1.807, 2.05) is 48.6 Å². The Bertz CT molecular complexity index is 757. The molecule has 3 rings (SSSR count). The molecule has 0 aliphatic heterocycles. The predicted molar refractivity (Wildman–Crippen MR) is 81.5 cm³/mol. The fraction of sp³-hybridized carbons (Fsp3) is 0. The van der Waals surface area contributed by atoms with Crippen molar-refractivity contribution < 1.29 is 9.90 Å². The second-order valence-electron chi connectivity index (χ2n) is 4.52. The lowest BCUT2D eigenvalue weighted by Gasteiger charge is -2.11. The largest absolute Gasteiger partial charge is 0.478 e. The highest BCUT2D eigenvalue weighted by Gasteiger charge is 2.17. The van der Waals surface area contributed by atoms with Crippen LogP contribution in [0.2, 0.25) is 5.02 Å². The maximum absolute atomic E-state index is 11.2. The quantitative estimate of drug-likeness (QED) is 0.674. The molecule has 0 unspecified atom stereocenters. The van der Waals surface area contributed by atoms with Crippen LogP contribution in [0.4, 0.5) is 0 Å². The molecule has 20 heavy (non-hydrogen) atoms. The first-order chi connectivity index (χ1) is 9.66. The average molecular weight is 283 g/mol. The Morgan fingerprint density at radius 1 is 1.00 bits per heavy atom. The first-order valence-electron chi connectivity index (χ1n) is 6.18. The molecular weight excluding hydrogens is 272 g/mol. The normalized spacial score (nSPS) is 14.6. The number of benzene rings is 2. The van der Waals surface area contributed by atoms with Crippen LogP contribution in [0.15, 0.2) is 48.5 Å². The van der Waals surface area contributed by atoms with E-state index in [9.17, 15) is 4.79 Å². The minimum atomic E-state index is -0.970. The molecule has 0 saturated heterocycles. The van der Waals surface area contributed by atoms with Crippen LogP contribution < -0.4 is 0 Å². The van der Waals surface area contributed by atoms with Crippen molar-refractivity contribution in [3.05, 3.63) is 75.8 Å². The zero-order valence-corrected chi connectivity index (χ0v) is 11.3. The van der Waals surface area contributed by atoms with Crippen molar-refractivity contribution in [1.29, 1.82) is 0 Å². The van der Waals surface area contributed by atoms with E-state index in [0.29, 0.717) is 10.6 Å². The third kappa shape index (κ3) is 2.15. The van der Waals surface area contributed by atoms with Crippen LogP contribution in [0, 0.1) is 0 Å². The first-order valence-corrected chi connectivity index (χ1v) is 6.55. The van der Waals surface area contributed by atoms with Crippen molar-refractivity contribution in [2.75, 3.05) is 0 Å². The van der Waals surface area contributed by atoms with Gasteiger partial charge in [-0.05, 0) is 28.3 Å². The van der Waals surface area contributed by atoms with Crippen LogP contribution in [0.1, 0.15) is 22.3 Å². The first kappa shape index (κ1) is 12.7. The van der Waals surface area contributed by atoms with Gasteiger partial charge in [0.15, 0.2) is 0 Å². The highest BCUT2D eigenvalue weighted by Crippen LogP contribution is 2.36. The van der Waals surface area contributed by atoms with E-state index in [-0.39, 0.29) is 0 Å². The SMILES string of the molecule is O=C(O)/C=C1\c2ccccc2C=Cc2c(Cl)cccc21. The van der Waals surface area contributed by atoms with E-state index in [1.54, 1.807) is 6.07 Å². The zero-order chi connectivity index (χ0) is 14.1. The third-order valence-electron chi connectivity index (χ3n) is 3.29. The summed E-state index contributed by atoms with van der Waals surface area (Å²) < 4.78 is 0. The summed E-state index contributed by atoms with van der Waals surface area (Å²) in [6, 6.07) is 13.2. The standard InChI is InChI=1S/C17H11ClO2/c18-16-7-3-6-13-14(16)9-8-11-4-1-2-5-12(11)15(13)10-17(19)20/h1-10H,(H,19,20)/b15-10+. The summed E-state index contributed by atoms with van der Waals surface area (Å²) in [5.41, 5.74) is 4.23. The molecule has 0 spiro atoms. The summed E-state index contributed by atoms with van der Waals surface area (Å²) in [6.45, 7) is 0. The molecule has 2 aromatic rings. The lowest BCUT2D eigenvalue weighted by molar-refractivity contribution is -0.131. The lowest BCUT2D eigenvalue weighted by Crippen LogP contribution is -1.97. The van der Waals surface area contributed by atoms with Crippen LogP contribution in [0.25, 0.3) is 17.7 Å². The van der Waals surface area contributed by atoms with E-state index in [4.69, 9.17) is 16.7 Å². The molecular formula is C17H11ClO2. The molecule has 0 atom stereocenters. The smallest absolute Gasteiger partial charge is 0.328 e. The Labute approximate surface area is 121 Å². The minimum Gasteiger partial charge on any atom is -0.478 e. The van der Waals surface area contributed by atoms with Crippen LogP contribution >= 0.6 is 11.6 Å². The second-order valence-corrected chi connectivity index (χ2v) is 4.93. The number of aliphatic carboxylic acids is 1. The molecule has 3 heteroatoms. The number of carbonyl (C=O) groups is 1. The Balaban J connectivity index is 2.37. The van der Waals surface area contributed by atoms with E-state index in [1.165, 1.54) is 6.08 Å². The number of hydrogen-bond acceptors (Lipinski definition) is 1. The molecule has 98 valence electrons. The van der Waals surface area contributed by atoms with Crippen LogP contribution in [0.3, 0.4) is 0 Å². The van der Waals surface area contributed by atoms with Crippen molar-refractivity contribution in [3.63, 3.8) is 0 Å². The van der Waals surface area contributed by atoms with Crippen molar-refractivity contribution in [2.45, 2.75) is 0 Å². The Hall–Kier alpha value is -2.32. The summed E-state index contributed by atoms with van der Waals surface area (Å²) in [6.07, 6.45) is 5.13. The number of carboxylic acids is 1. The molecule has 1 aliphatic rings. The lowest BCUT2D eigenvalue weighted by atomic mass is 9.93. The van der Waals surface area contributed by atoms with Gasteiger partial charge in [-0.3, -0.25) is 0 Å². The molecule has 1 N–H and O–H groups in total. The number of halogens is 1. The van der Waals surface area contributed by atoms with Gasteiger partial charge in [-0.1, -0.05) is 60.2 Å². The maximum Gasteiger partial charge on any atom is 0.328 e. The van der Waals surface area contributed by atoms with E-state index in [0.717, 1.165) is 22.3 Å². The minimum absolute atomic E-state index is 0.614. The van der Waals surface area contributed by atoms with Crippen LogP contribution in [-0.4, -0.2) is 11.1 Å². The highest BCUT2D eigenvalue weighted by molar-refractivity contribution is 6.32. The van der Waals surface area contributed by atoms with Gasteiger partial charge in [0.1, 0.15) is 0 Å².